The molecule has 210 valence electrons. The molecular weight excluding hydrogens is 464 g/mol. The average molecular weight is 515 g/mol. The first-order valence-electron chi connectivity index (χ1n) is 13.8. The van der Waals surface area contributed by atoms with E-state index >= 15 is 0 Å². The molecule has 0 aromatic heterocycles. The number of carboxylic acid groups (broad SMARTS) is 2. The zero-order valence-corrected chi connectivity index (χ0v) is 22.4. The summed E-state index contributed by atoms with van der Waals surface area (Å²) in [4.78, 5) is 43.8. The summed E-state index contributed by atoms with van der Waals surface area (Å²) in [7, 11) is 0. The summed E-state index contributed by atoms with van der Waals surface area (Å²) in [6.45, 7) is 4.78. The minimum Gasteiger partial charge on any atom is -0.465 e. The zero-order chi connectivity index (χ0) is 27.0. The van der Waals surface area contributed by atoms with Gasteiger partial charge in [0.05, 0.1) is 12.1 Å². The van der Waals surface area contributed by atoms with Crippen molar-refractivity contribution in [2.24, 2.45) is 0 Å². The molecule has 0 aromatic carbocycles. The van der Waals surface area contributed by atoms with Crippen molar-refractivity contribution in [3.8, 4) is 0 Å². The number of hydrogen-bond donors (Lipinski definition) is 6. The largest absolute Gasteiger partial charge is 0.465 e. The second-order valence-corrected chi connectivity index (χ2v) is 9.60. The Labute approximate surface area is 216 Å². The minimum absolute atomic E-state index is 0.492. The monoisotopic (exact) mass is 514 g/mol. The molecular formula is C26H50N4O6. The maximum atomic E-state index is 11.5. The molecule has 36 heavy (non-hydrogen) atoms. The number of nitrogens with one attached hydrogen (secondary N) is 4. The van der Waals surface area contributed by atoms with Gasteiger partial charge in [0.1, 0.15) is 0 Å². The van der Waals surface area contributed by atoms with Gasteiger partial charge in [-0.05, 0) is 39.8 Å². The Morgan fingerprint density at radius 3 is 0.917 bits per heavy atom. The molecule has 10 nitrogen and oxygen atoms in total. The van der Waals surface area contributed by atoms with Gasteiger partial charge in [-0.1, -0.05) is 89.9 Å². The first-order valence-corrected chi connectivity index (χ1v) is 13.8. The Morgan fingerprint density at radius 1 is 0.472 bits per heavy atom. The van der Waals surface area contributed by atoms with Gasteiger partial charge in [0, 0.05) is 0 Å². The summed E-state index contributed by atoms with van der Waals surface area (Å²) < 4.78 is 0. The van der Waals surface area contributed by atoms with Crippen molar-refractivity contribution < 1.29 is 29.4 Å². The lowest BCUT2D eigenvalue weighted by Crippen LogP contribution is -2.44. The van der Waals surface area contributed by atoms with Crippen molar-refractivity contribution in [3.05, 3.63) is 0 Å². The Bertz CT molecular complexity index is 565. The Kier molecular flexibility index (Phi) is 21.8. The van der Waals surface area contributed by atoms with Gasteiger partial charge in [-0.2, -0.15) is 0 Å². The summed E-state index contributed by atoms with van der Waals surface area (Å²) in [6, 6.07) is -0.983. The molecule has 0 radical (unpaired) electrons. The first-order chi connectivity index (χ1) is 17.2. The van der Waals surface area contributed by atoms with Crippen LogP contribution in [0.15, 0.2) is 0 Å². The van der Waals surface area contributed by atoms with Crippen LogP contribution in [0.1, 0.15) is 117 Å². The molecule has 0 spiro atoms. The lowest BCUT2D eigenvalue weighted by Gasteiger charge is -2.11. The third-order valence-electron chi connectivity index (χ3n) is 6.25. The highest BCUT2D eigenvalue weighted by Crippen LogP contribution is 2.13. The van der Waals surface area contributed by atoms with E-state index in [0.29, 0.717) is 0 Å². The van der Waals surface area contributed by atoms with E-state index in [2.05, 4.69) is 10.6 Å². The summed E-state index contributed by atoms with van der Waals surface area (Å²) in [5, 5.41) is 26.9. The van der Waals surface area contributed by atoms with Crippen LogP contribution in [0.2, 0.25) is 0 Å². The summed E-state index contributed by atoms with van der Waals surface area (Å²) in [5.74, 6) is -1.02. The van der Waals surface area contributed by atoms with E-state index in [-0.39, 0.29) is 0 Å². The van der Waals surface area contributed by atoms with Crippen LogP contribution in [-0.2, 0) is 9.59 Å². The van der Waals surface area contributed by atoms with Crippen LogP contribution in [0, 0.1) is 0 Å². The van der Waals surface area contributed by atoms with Crippen LogP contribution in [0.3, 0.4) is 0 Å². The van der Waals surface area contributed by atoms with E-state index in [9.17, 15) is 19.2 Å². The summed E-state index contributed by atoms with van der Waals surface area (Å²) in [6.07, 6.45) is 16.9. The van der Waals surface area contributed by atoms with E-state index in [0.717, 1.165) is 38.8 Å². The molecule has 0 heterocycles. The van der Waals surface area contributed by atoms with Gasteiger partial charge < -0.3 is 20.8 Å². The standard InChI is InChI=1S/C26H50N4O6/c1-21(23(31)29-25(33)34)27-19-17-15-13-11-9-7-5-3-4-6-8-10-12-14-16-18-20-28-22(2)24(32)30-26(35)36/h21-22,27-28H,3-20H2,1-2H3,(H,29,31)(H,30,32)(H,33,34)(H,35,36). The molecule has 2 atom stereocenters. The van der Waals surface area contributed by atoms with Crippen LogP contribution < -0.4 is 21.3 Å². The van der Waals surface area contributed by atoms with Gasteiger partial charge in [0.25, 0.3) is 0 Å². The number of amides is 4. The van der Waals surface area contributed by atoms with Crippen LogP contribution in [0.5, 0.6) is 0 Å². The maximum absolute atomic E-state index is 11.5. The number of carbonyl (C=O) groups is 4. The fraction of sp³-hybridized carbons (Fsp3) is 0.846. The van der Waals surface area contributed by atoms with E-state index in [1.165, 1.54) is 77.0 Å². The topological polar surface area (TPSA) is 157 Å². The fourth-order valence-electron chi connectivity index (χ4n) is 3.97. The number of hydrogen-bond acceptors (Lipinski definition) is 6. The second kappa shape index (κ2) is 23.2. The normalized spacial score (nSPS) is 12.6. The highest BCUT2D eigenvalue weighted by Gasteiger charge is 2.14. The lowest BCUT2D eigenvalue weighted by molar-refractivity contribution is -0.122. The molecule has 6 N–H and O–H groups in total. The Balaban J connectivity index is 3.27. The molecule has 0 aliphatic carbocycles. The van der Waals surface area contributed by atoms with Gasteiger partial charge >= 0.3 is 12.2 Å². The third-order valence-corrected chi connectivity index (χ3v) is 6.25. The molecule has 2 unspecified atom stereocenters. The molecule has 4 amide bonds. The average Bonchev–Trinajstić information content (AvgIpc) is 2.81. The van der Waals surface area contributed by atoms with Gasteiger partial charge in [-0.15, -0.1) is 0 Å². The zero-order valence-electron chi connectivity index (χ0n) is 22.4. The van der Waals surface area contributed by atoms with E-state index < -0.39 is 36.1 Å². The Morgan fingerprint density at radius 2 is 0.694 bits per heavy atom. The molecule has 0 rings (SSSR count). The van der Waals surface area contributed by atoms with E-state index in [4.69, 9.17) is 10.2 Å². The quantitative estimate of drug-likeness (QED) is 0.106. The minimum atomic E-state index is -1.32. The number of unbranched alkanes of at least 4 members (excludes halogenated alkanes) is 15. The predicted molar refractivity (Wildman–Crippen MR) is 141 cm³/mol. The van der Waals surface area contributed by atoms with Gasteiger partial charge in [0.2, 0.25) is 11.8 Å². The van der Waals surface area contributed by atoms with E-state index in [1.54, 1.807) is 13.8 Å². The molecule has 0 aliphatic rings. The Hall–Kier alpha value is -2.20. The van der Waals surface area contributed by atoms with Crippen LogP contribution in [0.4, 0.5) is 9.59 Å². The van der Waals surface area contributed by atoms with Crippen molar-refractivity contribution in [1.82, 2.24) is 21.3 Å². The van der Waals surface area contributed by atoms with Crippen LogP contribution >= 0.6 is 0 Å². The highest BCUT2D eigenvalue weighted by molar-refractivity contribution is 5.94. The number of rotatable bonds is 23. The van der Waals surface area contributed by atoms with Gasteiger partial charge in [0.15, 0.2) is 0 Å². The second-order valence-electron chi connectivity index (χ2n) is 9.60. The summed E-state index contributed by atoms with van der Waals surface area (Å²) in [5.41, 5.74) is 0. The summed E-state index contributed by atoms with van der Waals surface area (Å²) >= 11 is 0. The predicted octanol–water partition coefficient (Wildman–Crippen LogP) is 4.77. The smallest absolute Gasteiger partial charge is 0.411 e. The molecule has 0 bridgehead atoms. The molecule has 0 saturated carbocycles. The first kappa shape index (κ1) is 33.8. The van der Waals surface area contributed by atoms with Gasteiger partial charge in [-0.3, -0.25) is 20.2 Å². The van der Waals surface area contributed by atoms with Crippen molar-refractivity contribution in [1.29, 1.82) is 0 Å². The highest BCUT2D eigenvalue weighted by atomic mass is 16.4. The molecule has 0 fully saturated rings. The lowest BCUT2D eigenvalue weighted by atomic mass is 10.0. The third kappa shape index (κ3) is 22.3. The maximum Gasteiger partial charge on any atom is 0.411 e. The van der Waals surface area contributed by atoms with Crippen molar-refractivity contribution in [2.45, 2.75) is 129 Å². The molecule has 0 saturated heterocycles. The van der Waals surface area contributed by atoms with Crippen LogP contribution in [0.25, 0.3) is 0 Å². The van der Waals surface area contributed by atoms with Crippen molar-refractivity contribution in [2.75, 3.05) is 13.1 Å². The number of carbonyl (C=O) groups excluding carboxylic acids is 2. The van der Waals surface area contributed by atoms with Crippen LogP contribution in [-0.4, -0.2) is 59.4 Å². The number of imide groups is 2. The SMILES string of the molecule is CC(NCCCCCCCCCCCCCCCCCCNC(C)C(=O)NC(=O)O)C(=O)NC(=O)O. The molecule has 10 heteroatoms. The fourth-order valence-corrected chi connectivity index (χ4v) is 3.97. The van der Waals surface area contributed by atoms with E-state index in [1.807, 2.05) is 10.6 Å². The van der Waals surface area contributed by atoms with Crippen molar-refractivity contribution >= 4 is 24.0 Å². The molecule has 0 aromatic rings. The molecule has 0 aliphatic heterocycles. The van der Waals surface area contributed by atoms with Gasteiger partial charge in [-0.25, -0.2) is 9.59 Å². The van der Waals surface area contributed by atoms with Crippen molar-refractivity contribution in [3.63, 3.8) is 0 Å².